The Labute approximate surface area is 349 Å². The molecule has 0 aliphatic heterocycles. The summed E-state index contributed by atoms with van der Waals surface area (Å²) < 4.78 is 2.40. The van der Waals surface area contributed by atoms with E-state index in [9.17, 15) is 0 Å². The lowest BCUT2D eigenvalue weighted by Gasteiger charge is -2.29. The molecule has 0 radical (unpaired) electrons. The number of benzene rings is 10. The van der Waals surface area contributed by atoms with Crippen molar-refractivity contribution in [1.29, 1.82) is 0 Å². The Morgan fingerprint density at radius 1 is 0.433 bits per heavy atom. The maximum atomic E-state index is 2.45. The van der Waals surface area contributed by atoms with E-state index in [1.807, 2.05) is 0 Å². The van der Waals surface area contributed by atoms with E-state index in [-0.39, 0.29) is 5.41 Å². The van der Waals surface area contributed by atoms with Gasteiger partial charge in [-0.1, -0.05) is 158 Å². The second-order valence-corrected chi connectivity index (χ2v) is 16.2. The normalized spacial score (nSPS) is 14.8. The molecule has 1 atom stereocenters. The van der Waals surface area contributed by atoms with Gasteiger partial charge in [0.05, 0.1) is 16.7 Å². The minimum Gasteiger partial charge on any atom is -0.310 e. The first-order chi connectivity index (χ1) is 29.6. The molecule has 12 rings (SSSR count). The molecule has 0 bridgehead atoms. The SMILES string of the molecule is CC1(c2ccc(-n3c4ccccc4c4ccccc43)cc2)c2cccc3ccc4cc(/C=C/c5ccc(N(c6ccccc6)c6ccccc6)c6ccccc56)cc1c4c23. The van der Waals surface area contributed by atoms with Crippen molar-refractivity contribution in [3.63, 3.8) is 0 Å². The molecule has 0 spiro atoms. The molecule has 0 fully saturated rings. The summed E-state index contributed by atoms with van der Waals surface area (Å²) in [6, 6.07) is 77.7. The van der Waals surface area contributed by atoms with Crippen LogP contribution in [0.1, 0.15) is 34.7 Å². The van der Waals surface area contributed by atoms with E-state index in [4.69, 9.17) is 0 Å². The van der Waals surface area contributed by atoms with Gasteiger partial charge in [0.25, 0.3) is 0 Å². The highest BCUT2D eigenvalue weighted by Crippen LogP contribution is 2.53. The zero-order valence-electron chi connectivity index (χ0n) is 33.3. The van der Waals surface area contributed by atoms with Gasteiger partial charge >= 0.3 is 0 Å². The molecule has 1 aromatic heterocycles. The highest BCUT2D eigenvalue weighted by atomic mass is 15.1. The van der Waals surface area contributed by atoms with Gasteiger partial charge in [0.1, 0.15) is 0 Å². The van der Waals surface area contributed by atoms with Gasteiger partial charge in [0.15, 0.2) is 0 Å². The van der Waals surface area contributed by atoms with Crippen LogP contribution in [-0.2, 0) is 5.41 Å². The van der Waals surface area contributed by atoms with Gasteiger partial charge in [0.2, 0.25) is 0 Å². The van der Waals surface area contributed by atoms with Gasteiger partial charge in [-0.3, -0.25) is 0 Å². The number of rotatable bonds is 7. The number of aromatic nitrogens is 1. The highest BCUT2D eigenvalue weighted by molar-refractivity contribution is 6.16. The first-order valence-electron chi connectivity index (χ1n) is 20.8. The lowest BCUT2D eigenvalue weighted by atomic mass is 9.73. The van der Waals surface area contributed by atoms with E-state index in [0.29, 0.717) is 0 Å². The molecule has 2 heteroatoms. The Bertz CT molecular complexity index is 3390. The smallest absolute Gasteiger partial charge is 0.0541 e. The summed E-state index contributed by atoms with van der Waals surface area (Å²) in [5, 5.41) is 10.3. The fourth-order valence-electron chi connectivity index (χ4n) is 10.2. The summed E-state index contributed by atoms with van der Waals surface area (Å²) in [6.45, 7) is 2.43. The molecule has 1 heterocycles. The van der Waals surface area contributed by atoms with E-state index in [1.165, 1.54) is 87.6 Å². The quantitative estimate of drug-likeness (QED) is 0.116. The van der Waals surface area contributed by atoms with Crippen molar-refractivity contribution < 1.29 is 0 Å². The van der Waals surface area contributed by atoms with E-state index in [0.717, 1.165) is 17.1 Å². The number of anilines is 3. The van der Waals surface area contributed by atoms with Gasteiger partial charge in [-0.15, -0.1) is 0 Å². The van der Waals surface area contributed by atoms with Crippen molar-refractivity contribution in [1.82, 2.24) is 4.57 Å². The van der Waals surface area contributed by atoms with Crippen LogP contribution in [0.15, 0.2) is 212 Å². The van der Waals surface area contributed by atoms with Crippen LogP contribution in [0.3, 0.4) is 0 Å². The van der Waals surface area contributed by atoms with Crippen molar-refractivity contribution >= 4 is 83.3 Å². The molecular formula is C58H40N2. The summed E-state index contributed by atoms with van der Waals surface area (Å²) in [5.74, 6) is 0. The third kappa shape index (κ3) is 5.14. The number of fused-ring (bicyclic) bond motifs is 4. The Balaban J connectivity index is 0.969. The minimum absolute atomic E-state index is 0.336. The lowest BCUT2D eigenvalue weighted by Crippen LogP contribution is -2.22. The number of hydrogen-bond acceptors (Lipinski definition) is 1. The predicted octanol–water partition coefficient (Wildman–Crippen LogP) is 15.6. The maximum absolute atomic E-state index is 2.45. The molecular weight excluding hydrogens is 725 g/mol. The van der Waals surface area contributed by atoms with Gasteiger partial charge in [-0.05, 0) is 128 Å². The second-order valence-electron chi connectivity index (χ2n) is 16.2. The molecule has 10 aromatic carbocycles. The van der Waals surface area contributed by atoms with E-state index in [1.54, 1.807) is 0 Å². The Morgan fingerprint density at radius 2 is 1.02 bits per heavy atom. The molecule has 1 aliphatic carbocycles. The van der Waals surface area contributed by atoms with Crippen molar-refractivity contribution in [2.75, 3.05) is 4.90 Å². The Kier molecular flexibility index (Phi) is 7.70. The van der Waals surface area contributed by atoms with E-state index in [2.05, 4.69) is 241 Å². The molecule has 60 heavy (non-hydrogen) atoms. The third-order valence-corrected chi connectivity index (χ3v) is 13.0. The molecule has 2 nitrogen and oxygen atoms in total. The van der Waals surface area contributed by atoms with Crippen molar-refractivity contribution in [2.24, 2.45) is 0 Å². The van der Waals surface area contributed by atoms with Crippen molar-refractivity contribution in [2.45, 2.75) is 12.3 Å². The van der Waals surface area contributed by atoms with Crippen LogP contribution >= 0.6 is 0 Å². The van der Waals surface area contributed by atoms with Crippen molar-refractivity contribution in [3.8, 4) is 5.69 Å². The van der Waals surface area contributed by atoms with Crippen LogP contribution < -0.4 is 4.90 Å². The van der Waals surface area contributed by atoms with Crippen LogP contribution in [0.25, 0.3) is 72.0 Å². The lowest BCUT2D eigenvalue weighted by molar-refractivity contribution is 0.716. The molecule has 0 saturated carbocycles. The summed E-state index contributed by atoms with van der Waals surface area (Å²) in [4.78, 5) is 2.36. The molecule has 11 aromatic rings. The summed E-state index contributed by atoms with van der Waals surface area (Å²) in [6.07, 6.45) is 4.61. The van der Waals surface area contributed by atoms with Crippen LogP contribution in [0.5, 0.6) is 0 Å². The van der Waals surface area contributed by atoms with Gasteiger partial charge < -0.3 is 9.47 Å². The zero-order valence-corrected chi connectivity index (χ0v) is 33.3. The summed E-state index contributed by atoms with van der Waals surface area (Å²) in [7, 11) is 0. The highest BCUT2D eigenvalue weighted by Gasteiger charge is 2.39. The number of hydrogen-bond donors (Lipinski definition) is 0. The van der Waals surface area contributed by atoms with Crippen LogP contribution in [0.2, 0.25) is 0 Å². The topological polar surface area (TPSA) is 8.17 Å². The molecule has 282 valence electrons. The second kappa shape index (κ2) is 13.4. The molecule has 0 N–H and O–H groups in total. The predicted molar refractivity (Wildman–Crippen MR) is 255 cm³/mol. The minimum atomic E-state index is -0.336. The van der Waals surface area contributed by atoms with Gasteiger partial charge in [-0.2, -0.15) is 0 Å². The molecule has 0 saturated heterocycles. The fourth-order valence-corrected chi connectivity index (χ4v) is 10.2. The van der Waals surface area contributed by atoms with Crippen LogP contribution in [0.4, 0.5) is 17.1 Å². The summed E-state index contributed by atoms with van der Waals surface area (Å²) >= 11 is 0. The molecule has 1 unspecified atom stereocenters. The number of nitrogens with zero attached hydrogens (tertiary/aromatic N) is 2. The maximum Gasteiger partial charge on any atom is 0.0541 e. The van der Waals surface area contributed by atoms with Gasteiger partial charge in [0, 0.05) is 38.6 Å². The largest absolute Gasteiger partial charge is 0.310 e. The average molecular weight is 765 g/mol. The number of para-hydroxylation sites is 4. The summed E-state index contributed by atoms with van der Waals surface area (Å²) in [5.41, 5.74) is 13.1. The fraction of sp³-hybridized carbons (Fsp3) is 0.0345. The van der Waals surface area contributed by atoms with Crippen LogP contribution in [0, 0.1) is 0 Å². The van der Waals surface area contributed by atoms with Gasteiger partial charge in [-0.25, -0.2) is 0 Å². The Hall–Kier alpha value is -7.68. The monoisotopic (exact) mass is 764 g/mol. The molecule has 1 aliphatic rings. The molecule has 0 amide bonds. The average Bonchev–Trinajstić information content (AvgIpc) is 3.79. The van der Waals surface area contributed by atoms with E-state index < -0.39 is 0 Å². The van der Waals surface area contributed by atoms with E-state index >= 15 is 0 Å². The Morgan fingerprint density at radius 3 is 1.70 bits per heavy atom. The first kappa shape index (κ1) is 34.4. The van der Waals surface area contributed by atoms with Crippen LogP contribution in [-0.4, -0.2) is 4.57 Å². The standard InChI is InChI=1S/C58H40N2/c1-58(43-32-34-46(35-33-43)60-53-25-12-10-22-49(53)50-23-11-13-26-54(50)60)51-24-14-15-41-29-30-42-37-39(38-52(58)57(42)56(41)51)27-28-40-31-36-55(48-21-9-8-20-47(40)48)59(44-16-4-2-5-17-44)45-18-6-3-7-19-45/h2-38H,1H3/b28-27+. The first-order valence-corrected chi connectivity index (χ1v) is 20.8. The van der Waals surface area contributed by atoms with Crippen molar-refractivity contribution in [3.05, 3.63) is 240 Å². The zero-order chi connectivity index (χ0) is 39.8. The third-order valence-electron chi connectivity index (χ3n) is 13.0.